The smallest absolute Gasteiger partial charge is 0.262 e. The summed E-state index contributed by atoms with van der Waals surface area (Å²) in [5.41, 5.74) is 3.82. The minimum atomic E-state index is 0.0167. The summed E-state index contributed by atoms with van der Waals surface area (Å²) in [5, 5.41) is 2.46. The summed E-state index contributed by atoms with van der Waals surface area (Å²) < 4.78 is 1.65. The number of thiophene rings is 1. The van der Waals surface area contributed by atoms with Gasteiger partial charge in [0.15, 0.2) is 0 Å². The van der Waals surface area contributed by atoms with Crippen LogP contribution in [0.25, 0.3) is 21.1 Å². The number of aryl methyl sites for hydroxylation is 3. The molecule has 0 radical (unpaired) electrons. The molecule has 27 heavy (non-hydrogen) atoms. The molecule has 0 saturated heterocycles. The van der Waals surface area contributed by atoms with Crippen molar-refractivity contribution in [1.82, 2.24) is 14.5 Å². The molecule has 0 atom stereocenters. The van der Waals surface area contributed by atoms with Crippen LogP contribution in [0.15, 0.2) is 35.4 Å². The van der Waals surface area contributed by atoms with Crippen LogP contribution in [-0.4, -0.2) is 14.5 Å². The van der Waals surface area contributed by atoms with Gasteiger partial charge in [0.2, 0.25) is 0 Å². The quantitative estimate of drug-likeness (QED) is 0.485. The Morgan fingerprint density at radius 1 is 1.22 bits per heavy atom. The molecule has 0 fully saturated rings. The third-order valence-corrected chi connectivity index (χ3v) is 7.11. The Bertz CT molecular complexity index is 1260. The van der Waals surface area contributed by atoms with E-state index in [2.05, 4.69) is 4.98 Å². The number of rotatable bonds is 2. The van der Waals surface area contributed by atoms with Gasteiger partial charge in [0.05, 0.1) is 34.5 Å². The van der Waals surface area contributed by atoms with Crippen LogP contribution >= 0.6 is 22.9 Å². The van der Waals surface area contributed by atoms with Crippen LogP contribution in [0.4, 0.5) is 0 Å². The maximum atomic E-state index is 13.2. The van der Waals surface area contributed by atoms with Gasteiger partial charge in [-0.15, -0.1) is 11.3 Å². The van der Waals surface area contributed by atoms with Crippen LogP contribution in [0.2, 0.25) is 5.02 Å². The zero-order valence-electron chi connectivity index (χ0n) is 15.0. The summed E-state index contributed by atoms with van der Waals surface area (Å²) >= 11 is 8.26. The first-order valence-corrected chi connectivity index (χ1v) is 10.4. The van der Waals surface area contributed by atoms with E-state index in [1.807, 2.05) is 31.2 Å². The minimum absolute atomic E-state index is 0.0167. The fourth-order valence-electron chi connectivity index (χ4n) is 3.98. The number of benzene rings is 1. The molecule has 4 nitrogen and oxygen atoms in total. The average Bonchev–Trinajstić information content (AvgIpc) is 3.07. The number of halogens is 1. The molecular weight excluding hydrogens is 378 g/mol. The van der Waals surface area contributed by atoms with E-state index in [1.54, 1.807) is 22.2 Å². The van der Waals surface area contributed by atoms with Crippen molar-refractivity contribution in [3.63, 3.8) is 0 Å². The monoisotopic (exact) mass is 395 g/mol. The van der Waals surface area contributed by atoms with E-state index in [0.717, 1.165) is 45.9 Å². The highest BCUT2D eigenvalue weighted by Gasteiger charge is 2.20. The second kappa shape index (κ2) is 6.43. The second-order valence-electron chi connectivity index (χ2n) is 7.08. The molecule has 0 amide bonds. The Kier molecular flexibility index (Phi) is 4.02. The molecule has 0 spiro atoms. The highest BCUT2D eigenvalue weighted by molar-refractivity contribution is 7.18. The van der Waals surface area contributed by atoms with Gasteiger partial charge in [-0.3, -0.25) is 9.36 Å². The molecule has 4 aromatic rings. The zero-order valence-corrected chi connectivity index (χ0v) is 16.5. The number of pyridine rings is 1. The lowest BCUT2D eigenvalue weighted by atomic mass is 9.97. The summed E-state index contributed by atoms with van der Waals surface area (Å²) in [6, 6.07) is 7.94. The van der Waals surface area contributed by atoms with Gasteiger partial charge in [0, 0.05) is 10.3 Å². The molecule has 0 aliphatic heterocycles. The summed E-state index contributed by atoms with van der Waals surface area (Å²) in [6.07, 6.45) is 6.01. The molecule has 0 unspecified atom stereocenters. The van der Waals surface area contributed by atoms with Crippen molar-refractivity contribution in [2.75, 3.05) is 0 Å². The summed E-state index contributed by atoms with van der Waals surface area (Å²) in [5.74, 6) is 0. The highest BCUT2D eigenvalue weighted by Crippen LogP contribution is 2.33. The fraction of sp³-hybridized carbons (Fsp3) is 0.286. The Morgan fingerprint density at radius 2 is 2.04 bits per heavy atom. The molecule has 1 aromatic carbocycles. The summed E-state index contributed by atoms with van der Waals surface area (Å²) in [7, 11) is 0. The van der Waals surface area contributed by atoms with Crippen molar-refractivity contribution in [2.45, 2.75) is 39.2 Å². The van der Waals surface area contributed by atoms with Crippen LogP contribution in [0.3, 0.4) is 0 Å². The van der Waals surface area contributed by atoms with Crippen molar-refractivity contribution in [3.8, 4) is 0 Å². The van der Waals surface area contributed by atoms with Gasteiger partial charge in [0.25, 0.3) is 5.56 Å². The Morgan fingerprint density at radius 3 is 2.93 bits per heavy atom. The molecule has 1 aliphatic rings. The van der Waals surface area contributed by atoms with E-state index in [4.69, 9.17) is 16.6 Å². The van der Waals surface area contributed by atoms with Gasteiger partial charge in [-0.25, -0.2) is 9.97 Å². The maximum Gasteiger partial charge on any atom is 0.262 e. The lowest BCUT2D eigenvalue weighted by Crippen LogP contribution is -2.22. The van der Waals surface area contributed by atoms with Crippen LogP contribution in [0, 0.1) is 6.92 Å². The minimum Gasteiger partial charge on any atom is -0.293 e. The van der Waals surface area contributed by atoms with Gasteiger partial charge in [-0.05, 0) is 49.8 Å². The third-order valence-electron chi connectivity index (χ3n) is 5.41. The van der Waals surface area contributed by atoms with Crippen LogP contribution < -0.4 is 5.56 Å². The second-order valence-corrected chi connectivity index (χ2v) is 8.54. The number of hydrogen-bond acceptors (Lipinski definition) is 4. The molecule has 0 saturated carbocycles. The molecule has 0 N–H and O–H groups in total. The molecule has 136 valence electrons. The number of nitrogens with zero attached hydrogens (tertiary/aromatic N) is 3. The lowest BCUT2D eigenvalue weighted by molar-refractivity contribution is 0.696. The van der Waals surface area contributed by atoms with Gasteiger partial charge < -0.3 is 0 Å². The lowest BCUT2D eigenvalue weighted by Gasteiger charge is -2.12. The number of hydrogen-bond donors (Lipinski definition) is 0. The van der Waals surface area contributed by atoms with E-state index in [1.165, 1.54) is 16.9 Å². The van der Waals surface area contributed by atoms with Crippen LogP contribution in [0.1, 0.15) is 34.5 Å². The van der Waals surface area contributed by atoms with Crippen molar-refractivity contribution >= 4 is 44.1 Å². The standard InChI is InChI=1S/C21H18ClN3OS/c1-12-13-6-2-4-8-15(13)24-16(19(12)22)10-25-11-23-20-18(21(25)26)14-7-3-5-9-17(14)27-20/h2,4,6,8,11H,3,5,7,9-10H2,1H3. The van der Waals surface area contributed by atoms with Crippen LogP contribution in [-0.2, 0) is 19.4 Å². The van der Waals surface area contributed by atoms with Gasteiger partial charge >= 0.3 is 0 Å². The van der Waals surface area contributed by atoms with Gasteiger partial charge in [-0.1, -0.05) is 29.8 Å². The van der Waals surface area contributed by atoms with Crippen molar-refractivity contribution in [1.29, 1.82) is 0 Å². The average molecular weight is 396 g/mol. The van der Waals surface area contributed by atoms with E-state index in [9.17, 15) is 4.79 Å². The van der Waals surface area contributed by atoms with Crippen molar-refractivity contribution < 1.29 is 0 Å². The number of para-hydroxylation sites is 1. The molecule has 5 rings (SSSR count). The number of fused-ring (bicyclic) bond motifs is 4. The molecule has 6 heteroatoms. The Hall–Kier alpha value is -2.24. The molecular formula is C21H18ClN3OS. The largest absolute Gasteiger partial charge is 0.293 e. The Labute approximate surface area is 165 Å². The SMILES string of the molecule is Cc1c(Cl)c(Cn2cnc3sc4c(c3c2=O)CCCC4)nc2ccccc12. The maximum absolute atomic E-state index is 13.2. The highest BCUT2D eigenvalue weighted by atomic mass is 35.5. The predicted molar refractivity (Wildman–Crippen MR) is 111 cm³/mol. The van der Waals surface area contributed by atoms with E-state index in [-0.39, 0.29) is 5.56 Å². The third kappa shape index (κ3) is 2.68. The van der Waals surface area contributed by atoms with Crippen molar-refractivity contribution in [3.05, 3.63) is 67.7 Å². The zero-order chi connectivity index (χ0) is 18.5. The predicted octanol–water partition coefficient (Wildman–Crippen LogP) is 4.90. The topological polar surface area (TPSA) is 47.8 Å². The van der Waals surface area contributed by atoms with Crippen LogP contribution in [0.5, 0.6) is 0 Å². The first-order chi connectivity index (χ1) is 13.1. The summed E-state index contributed by atoms with van der Waals surface area (Å²) in [4.78, 5) is 24.7. The first-order valence-electron chi connectivity index (χ1n) is 9.17. The molecule has 3 aromatic heterocycles. The molecule has 1 aliphatic carbocycles. The van der Waals surface area contributed by atoms with E-state index >= 15 is 0 Å². The Balaban J connectivity index is 1.65. The van der Waals surface area contributed by atoms with Crippen molar-refractivity contribution in [2.24, 2.45) is 0 Å². The molecule has 0 bridgehead atoms. The first kappa shape index (κ1) is 16.9. The summed E-state index contributed by atoms with van der Waals surface area (Å²) in [6.45, 7) is 2.33. The van der Waals surface area contributed by atoms with E-state index < -0.39 is 0 Å². The normalized spacial score (nSPS) is 14.0. The number of aromatic nitrogens is 3. The molecule has 3 heterocycles. The fourth-order valence-corrected chi connectivity index (χ4v) is 5.40. The van der Waals surface area contributed by atoms with E-state index in [0.29, 0.717) is 17.3 Å². The van der Waals surface area contributed by atoms with Gasteiger partial charge in [-0.2, -0.15) is 0 Å². The van der Waals surface area contributed by atoms with Gasteiger partial charge in [0.1, 0.15) is 4.83 Å².